The van der Waals surface area contributed by atoms with E-state index in [0.29, 0.717) is 23.1 Å². The summed E-state index contributed by atoms with van der Waals surface area (Å²) in [7, 11) is 3.20. The van der Waals surface area contributed by atoms with Crippen LogP contribution in [0.1, 0.15) is 32.1 Å². The number of nitrogens with one attached hydrogen (secondary N) is 2. The van der Waals surface area contributed by atoms with E-state index in [1.165, 1.54) is 6.42 Å². The molecule has 1 aliphatic rings. The number of hydrogen-bond donors (Lipinski definition) is 2. The standard InChI is InChI=1S/C19H24N4O3/c1-25-14-8-9-15(16(12-14)26-2)20-17-10-11-18(23-22-17)21-19(24)13-6-4-3-5-7-13/h8-13H,3-7H2,1-2H3,(H,20,22)(H,21,23,24). The van der Waals surface area contributed by atoms with Crippen LogP contribution in [-0.2, 0) is 4.79 Å². The van der Waals surface area contributed by atoms with Gasteiger partial charge in [-0.15, -0.1) is 10.2 Å². The quantitative estimate of drug-likeness (QED) is 0.820. The Bertz CT molecular complexity index is 743. The van der Waals surface area contributed by atoms with Crippen molar-refractivity contribution in [1.29, 1.82) is 0 Å². The highest BCUT2D eigenvalue weighted by atomic mass is 16.5. The zero-order chi connectivity index (χ0) is 18.4. The number of methoxy groups -OCH3 is 2. The topological polar surface area (TPSA) is 85.4 Å². The summed E-state index contributed by atoms with van der Waals surface area (Å²) in [6.07, 6.45) is 5.37. The van der Waals surface area contributed by atoms with Crippen LogP contribution in [0.4, 0.5) is 17.3 Å². The van der Waals surface area contributed by atoms with Crippen LogP contribution in [0.5, 0.6) is 11.5 Å². The van der Waals surface area contributed by atoms with Gasteiger partial charge >= 0.3 is 0 Å². The molecular weight excluding hydrogens is 332 g/mol. The van der Waals surface area contributed by atoms with Crippen molar-refractivity contribution in [3.63, 3.8) is 0 Å². The Balaban J connectivity index is 1.63. The molecule has 2 N–H and O–H groups in total. The van der Waals surface area contributed by atoms with Crippen LogP contribution in [0, 0.1) is 5.92 Å². The Morgan fingerprint density at radius 2 is 1.73 bits per heavy atom. The zero-order valence-electron chi connectivity index (χ0n) is 15.1. The molecule has 3 rings (SSSR count). The van der Waals surface area contributed by atoms with Gasteiger partial charge in [0.1, 0.15) is 11.5 Å². The van der Waals surface area contributed by atoms with E-state index in [2.05, 4.69) is 20.8 Å². The molecule has 0 spiro atoms. The van der Waals surface area contributed by atoms with E-state index in [9.17, 15) is 4.79 Å². The number of amides is 1. The van der Waals surface area contributed by atoms with Crippen LogP contribution in [0.2, 0.25) is 0 Å². The van der Waals surface area contributed by atoms with E-state index in [4.69, 9.17) is 9.47 Å². The molecule has 1 heterocycles. The molecule has 26 heavy (non-hydrogen) atoms. The largest absolute Gasteiger partial charge is 0.497 e. The monoisotopic (exact) mass is 356 g/mol. The van der Waals surface area contributed by atoms with Crippen LogP contribution < -0.4 is 20.1 Å². The number of benzene rings is 1. The lowest BCUT2D eigenvalue weighted by Gasteiger charge is -2.20. The number of hydrogen-bond acceptors (Lipinski definition) is 6. The Labute approximate surface area is 153 Å². The summed E-state index contributed by atoms with van der Waals surface area (Å²) in [5.41, 5.74) is 0.751. The van der Waals surface area contributed by atoms with Crippen molar-refractivity contribution >= 4 is 23.2 Å². The number of ether oxygens (including phenoxy) is 2. The molecule has 7 nitrogen and oxygen atoms in total. The second-order valence-corrected chi connectivity index (χ2v) is 6.32. The molecule has 1 saturated carbocycles. The highest BCUT2D eigenvalue weighted by Gasteiger charge is 2.21. The third-order valence-corrected chi connectivity index (χ3v) is 4.56. The van der Waals surface area contributed by atoms with Gasteiger partial charge in [0.15, 0.2) is 11.6 Å². The first-order valence-electron chi connectivity index (χ1n) is 8.83. The lowest BCUT2D eigenvalue weighted by molar-refractivity contribution is -0.120. The summed E-state index contributed by atoms with van der Waals surface area (Å²) in [6, 6.07) is 8.98. The molecule has 1 fully saturated rings. The van der Waals surface area contributed by atoms with Crippen molar-refractivity contribution in [1.82, 2.24) is 10.2 Å². The fourth-order valence-electron chi connectivity index (χ4n) is 3.10. The maximum atomic E-state index is 12.3. The Morgan fingerprint density at radius 3 is 2.38 bits per heavy atom. The van der Waals surface area contributed by atoms with E-state index < -0.39 is 0 Å². The number of carbonyl (C=O) groups is 1. The fraction of sp³-hybridized carbons (Fsp3) is 0.421. The van der Waals surface area contributed by atoms with Gasteiger partial charge in [0, 0.05) is 12.0 Å². The summed E-state index contributed by atoms with van der Waals surface area (Å²) in [4.78, 5) is 12.3. The number of rotatable bonds is 6. The number of carbonyl (C=O) groups excluding carboxylic acids is 1. The average Bonchev–Trinajstić information content (AvgIpc) is 2.70. The SMILES string of the molecule is COc1ccc(Nc2ccc(NC(=O)C3CCCCC3)nn2)c(OC)c1. The van der Waals surface area contributed by atoms with Crippen molar-refractivity contribution in [2.45, 2.75) is 32.1 Å². The molecule has 1 aliphatic carbocycles. The van der Waals surface area contributed by atoms with Crippen LogP contribution in [0.3, 0.4) is 0 Å². The van der Waals surface area contributed by atoms with Gasteiger partial charge in [-0.2, -0.15) is 0 Å². The van der Waals surface area contributed by atoms with Gasteiger partial charge in [0.2, 0.25) is 5.91 Å². The van der Waals surface area contributed by atoms with Gasteiger partial charge < -0.3 is 20.1 Å². The molecule has 0 unspecified atom stereocenters. The predicted octanol–water partition coefficient (Wildman–Crippen LogP) is 3.76. The van der Waals surface area contributed by atoms with E-state index in [0.717, 1.165) is 31.4 Å². The third kappa shape index (κ3) is 4.41. The van der Waals surface area contributed by atoms with E-state index in [1.54, 1.807) is 32.4 Å². The smallest absolute Gasteiger partial charge is 0.228 e. The molecule has 2 aromatic rings. The highest BCUT2D eigenvalue weighted by Crippen LogP contribution is 2.31. The third-order valence-electron chi connectivity index (χ3n) is 4.56. The molecule has 1 amide bonds. The van der Waals surface area contributed by atoms with Crippen molar-refractivity contribution < 1.29 is 14.3 Å². The second-order valence-electron chi connectivity index (χ2n) is 6.32. The first-order valence-corrected chi connectivity index (χ1v) is 8.83. The number of nitrogens with zero attached hydrogens (tertiary/aromatic N) is 2. The number of anilines is 3. The van der Waals surface area contributed by atoms with Gasteiger partial charge in [-0.25, -0.2) is 0 Å². The predicted molar refractivity (Wildman–Crippen MR) is 100 cm³/mol. The van der Waals surface area contributed by atoms with Crippen LogP contribution in [0.25, 0.3) is 0 Å². The van der Waals surface area contributed by atoms with Crippen LogP contribution >= 0.6 is 0 Å². The van der Waals surface area contributed by atoms with E-state index >= 15 is 0 Å². The maximum Gasteiger partial charge on any atom is 0.228 e. The van der Waals surface area contributed by atoms with Gasteiger partial charge in [-0.1, -0.05) is 19.3 Å². The van der Waals surface area contributed by atoms with Crippen molar-refractivity contribution in [3.8, 4) is 11.5 Å². The van der Waals surface area contributed by atoms with Crippen LogP contribution in [0.15, 0.2) is 30.3 Å². The zero-order valence-corrected chi connectivity index (χ0v) is 15.1. The molecule has 0 aliphatic heterocycles. The molecule has 1 aromatic carbocycles. The minimum Gasteiger partial charge on any atom is -0.497 e. The van der Waals surface area contributed by atoms with E-state index in [1.807, 2.05) is 12.1 Å². The Kier molecular flexibility index (Phi) is 5.88. The summed E-state index contributed by atoms with van der Waals surface area (Å²) in [5, 5.41) is 14.2. The van der Waals surface area contributed by atoms with Gasteiger partial charge in [0.25, 0.3) is 0 Å². The normalized spacial score (nSPS) is 14.5. The minimum atomic E-state index is 0.0385. The summed E-state index contributed by atoms with van der Waals surface area (Å²) >= 11 is 0. The molecule has 138 valence electrons. The fourth-order valence-corrected chi connectivity index (χ4v) is 3.10. The first-order chi connectivity index (χ1) is 12.7. The second kappa shape index (κ2) is 8.51. The van der Waals surface area contributed by atoms with Gasteiger partial charge in [-0.3, -0.25) is 4.79 Å². The molecular formula is C19H24N4O3. The van der Waals surface area contributed by atoms with Gasteiger partial charge in [0.05, 0.1) is 19.9 Å². The molecule has 0 atom stereocenters. The van der Waals surface area contributed by atoms with E-state index in [-0.39, 0.29) is 11.8 Å². The first kappa shape index (κ1) is 18.0. The summed E-state index contributed by atoms with van der Waals surface area (Å²) in [5.74, 6) is 2.50. The van der Waals surface area contributed by atoms with Crippen molar-refractivity contribution in [2.24, 2.45) is 5.92 Å². The summed E-state index contributed by atoms with van der Waals surface area (Å²) < 4.78 is 10.5. The van der Waals surface area contributed by atoms with Crippen molar-refractivity contribution in [2.75, 3.05) is 24.9 Å². The average molecular weight is 356 g/mol. The molecule has 0 radical (unpaired) electrons. The molecule has 0 saturated heterocycles. The minimum absolute atomic E-state index is 0.0385. The maximum absolute atomic E-state index is 12.3. The van der Waals surface area contributed by atoms with Crippen molar-refractivity contribution in [3.05, 3.63) is 30.3 Å². The lowest BCUT2D eigenvalue weighted by Crippen LogP contribution is -2.25. The Hall–Kier alpha value is -2.83. The highest BCUT2D eigenvalue weighted by molar-refractivity contribution is 5.91. The number of aromatic nitrogens is 2. The molecule has 7 heteroatoms. The van der Waals surface area contributed by atoms with Crippen LogP contribution in [-0.4, -0.2) is 30.3 Å². The Morgan fingerprint density at radius 1 is 1.00 bits per heavy atom. The lowest BCUT2D eigenvalue weighted by atomic mass is 9.89. The molecule has 1 aromatic heterocycles. The summed E-state index contributed by atoms with van der Waals surface area (Å²) in [6.45, 7) is 0. The molecule has 0 bridgehead atoms. The van der Waals surface area contributed by atoms with Gasteiger partial charge in [-0.05, 0) is 37.1 Å².